The van der Waals surface area contributed by atoms with Crippen LogP contribution in [-0.2, 0) is 17.5 Å². The van der Waals surface area contributed by atoms with Gasteiger partial charge in [0.2, 0.25) is 5.91 Å². The number of anilines is 1. The van der Waals surface area contributed by atoms with E-state index < -0.39 is 28.3 Å². The number of aromatic nitrogens is 1. The average Bonchev–Trinajstić information content (AvgIpc) is 2.59. The molecule has 1 amide bonds. The fourth-order valence-corrected chi connectivity index (χ4v) is 2.21. The van der Waals surface area contributed by atoms with Gasteiger partial charge in [-0.25, -0.2) is 0 Å². The maximum atomic E-state index is 12.7. The fourth-order valence-electron chi connectivity index (χ4n) is 2.21. The molecule has 1 aromatic carbocycles. The zero-order valence-electron chi connectivity index (χ0n) is 13.8. The number of hydrogen-bond acceptors (Lipinski definition) is 5. The standard InChI is InChI=1S/C16H15F3N4O4/c17-16(18,19)11-4-5-12(13(9-11)23(26)27)20-6-7-21-14(24)10-22-8-2-1-3-15(22)25/h1-5,8-9,20H,6-7,10H2,(H,21,24). The monoisotopic (exact) mass is 384 g/mol. The summed E-state index contributed by atoms with van der Waals surface area (Å²) in [7, 11) is 0. The number of nitro groups is 1. The summed E-state index contributed by atoms with van der Waals surface area (Å²) in [6.07, 6.45) is -3.24. The predicted octanol–water partition coefficient (Wildman–Crippen LogP) is 2.00. The number of hydrogen-bond donors (Lipinski definition) is 2. The molecule has 0 aliphatic rings. The van der Waals surface area contributed by atoms with Gasteiger partial charge in [-0.1, -0.05) is 6.07 Å². The molecule has 27 heavy (non-hydrogen) atoms. The number of nitro benzene ring substituents is 1. The Bertz CT molecular complexity index is 896. The first kappa shape index (κ1) is 19.9. The molecular weight excluding hydrogens is 369 g/mol. The number of benzene rings is 1. The number of nitrogens with zero attached hydrogens (tertiary/aromatic N) is 2. The minimum absolute atomic E-state index is 0.0433. The highest BCUT2D eigenvalue weighted by atomic mass is 19.4. The van der Waals surface area contributed by atoms with Crippen molar-refractivity contribution in [3.05, 3.63) is 68.6 Å². The Kier molecular flexibility index (Phi) is 6.16. The second-order valence-corrected chi connectivity index (χ2v) is 5.43. The molecule has 0 atom stereocenters. The Morgan fingerprint density at radius 3 is 2.56 bits per heavy atom. The molecule has 2 rings (SSSR count). The maximum absolute atomic E-state index is 12.7. The number of halogens is 3. The van der Waals surface area contributed by atoms with Crippen LogP contribution >= 0.6 is 0 Å². The van der Waals surface area contributed by atoms with Crippen molar-refractivity contribution in [2.24, 2.45) is 0 Å². The summed E-state index contributed by atoms with van der Waals surface area (Å²) in [6.45, 7) is -0.0969. The Morgan fingerprint density at radius 2 is 1.93 bits per heavy atom. The molecule has 2 N–H and O–H groups in total. The lowest BCUT2D eigenvalue weighted by atomic mass is 10.1. The van der Waals surface area contributed by atoms with E-state index in [4.69, 9.17) is 0 Å². The Balaban J connectivity index is 1.91. The first-order valence-corrected chi connectivity index (χ1v) is 7.70. The lowest BCUT2D eigenvalue weighted by Gasteiger charge is -2.11. The third-order valence-electron chi connectivity index (χ3n) is 3.50. The van der Waals surface area contributed by atoms with E-state index in [1.807, 2.05) is 0 Å². The number of pyridine rings is 1. The van der Waals surface area contributed by atoms with E-state index >= 15 is 0 Å². The van der Waals surface area contributed by atoms with Crippen molar-refractivity contribution in [1.29, 1.82) is 0 Å². The van der Waals surface area contributed by atoms with Crippen LogP contribution in [0.4, 0.5) is 24.5 Å². The largest absolute Gasteiger partial charge is 0.416 e. The van der Waals surface area contributed by atoms with Gasteiger partial charge in [-0.15, -0.1) is 0 Å². The first-order valence-electron chi connectivity index (χ1n) is 7.70. The second-order valence-electron chi connectivity index (χ2n) is 5.43. The van der Waals surface area contributed by atoms with E-state index in [-0.39, 0.29) is 30.9 Å². The molecule has 0 unspecified atom stereocenters. The lowest BCUT2D eigenvalue weighted by molar-refractivity contribution is -0.384. The number of nitrogens with one attached hydrogen (secondary N) is 2. The molecule has 0 fully saturated rings. The summed E-state index contributed by atoms with van der Waals surface area (Å²) >= 11 is 0. The molecule has 11 heteroatoms. The first-order chi connectivity index (χ1) is 12.7. The zero-order chi connectivity index (χ0) is 20.0. The van der Waals surface area contributed by atoms with E-state index in [0.29, 0.717) is 6.07 Å². The van der Waals surface area contributed by atoms with Gasteiger partial charge in [0.15, 0.2) is 0 Å². The van der Waals surface area contributed by atoms with Gasteiger partial charge in [-0.2, -0.15) is 13.2 Å². The van der Waals surface area contributed by atoms with Crippen LogP contribution in [0, 0.1) is 10.1 Å². The van der Waals surface area contributed by atoms with Crippen molar-refractivity contribution >= 4 is 17.3 Å². The molecule has 1 heterocycles. The molecule has 1 aromatic heterocycles. The molecule has 0 radical (unpaired) electrons. The van der Waals surface area contributed by atoms with Crippen molar-refractivity contribution < 1.29 is 22.9 Å². The van der Waals surface area contributed by atoms with Crippen LogP contribution in [-0.4, -0.2) is 28.5 Å². The summed E-state index contributed by atoms with van der Waals surface area (Å²) in [5.41, 5.74) is -2.28. The fraction of sp³-hybridized carbons (Fsp3) is 0.250. The van der Waals surface area contributed by atoms with Gasteiger partial charge >= 0.3 is 6.18 Å². The van der Waals surface area contributed by atoms with Crippen LogP contribution in [0.2, 0.25) is 0 Å². The lowest BCUT2D eigenvalue weighted by Crippen LogP contribution is -2.34. The topological polar surface area (TPSA) is 106 Å². The zero-order valence-corrected chi connectivity index (χ0v) is 13.8. The SMILES string of the molecule is O=C(Cn1ccccc1=O)NCCNc1ccc(C(F)(F)F)cc1[N+](=O)[O-]. The average molecular weight is 384 g/mol. The molecule has 0 aliphatic carbocycles. The maximum Gasteiger partial charge on any atom is 0.416 e. The number of alkyl halides is 3. The van der Waals surface area contributed by atoms with E-state index in [9.17, 15) is 32.9 Å². The quantitative estimate of drug-likeness (QED) is 0.432. The van der Waals surface area contributed by atoms with Gasteiger partial charge in [-0.3, -0.25) is 19.7 Å². The van der Waals surface area contributed by atoms with Crippen LogP contribution in [0.25, 0.3) is 0 Å². The molecule has 0 aliphatic heterocycles. The Labute approximate surface area is 150 Å². The van der Waals surface area contributed by atoms with Crippen LogP contribution < -0.4 is 16.2 Å². The van der Waals surface area contributed by atoms with Crippen molar-refractivity contribution in [2.75, 3.05) is 18.4 Å². The number of carbonyl (C=O) groups excluding carboxylic acids is 1. The summed E-state index contributed by atoms with van der Waals surface area (Å²) < 4.78 is 39.2. The third-order valence-corrected chi connectivity index (χ3v) is 3.50. The molecule has 0 bridgehead atoms. The smallest absolute Gasteiger partial charge is 0.378 e. The molecule has 8 nitrogen and oxygen atoms in total. The van der Waals surface area contributed by atoms with E-state index in [1.165, 1.54) is 22.9 Å². The summed E-state index contributed by atoms with van der Waals surface area (Å²) in [4.78, 5) is 33.3. The van der Waals surface area contributed by atoms with Crippen LogP contribution in [0.1, 0.15) is 5.56 Å². The van der Waals surface area contributed by atoms with Gasteiger partial charge in [0.25, 0.3) is 11.2 Å². The number of rotatable bonds is 7. The minimum atomic E-state index is -4.69. The van der Waals surface area contributed by atoms with Crippen molar-refractivity contribution in [2.45, 2.75) is 12.7 Å². The van der Waals surface area contributed by atoms with Gasteiger partial charge in [0.05, 0.1) is 10.5 Å². The highest BCUT2D eigenvalue weighted by molar-refractivity contribution is 5.75. The highest BCUT2D eigenvalue weighted by Gasteiger charge is 2.32. The molecule has 144 valence electrons. The normalized spacial score (nSPS) is 11.1. The molecule has 0 saturated carbocycles. The van der Waals surface area contributed by atoms with Crippen LogP contribution in [0.15, 0.2) is 47.4 Å². The summed E-state index contributed by atoms with van der Waals surface area (Å²) in [5, 5.41) is 16.1. The van der Waals surface area contributed by atoms with Crippen LogP contribution in [0.3, 0.4) is 0 Å². The summed E-state index contributed by atoms with van der Waals surface area (Å²) in [6, 6.07) is 6.58. The number of carbonyl (C=O) groups is 1. The van der Waals surface area contributed by atoms with E-state index in [0.717, 1.165) is 12.1 Å². The molecular formula is C16H15F3N4O4. The summed E-state index contributed by atoms with van der Waals surface area (Å²) in [5.74, 6) is -0.452. The van der Waals surface area contributed by atoms with Gasteiger partial charge in [-0.05, 0) is 18.2 Å². The van der Waals surface area contributed by atoms with Gasteiger partial charge < -0.3 is 15.2 Å². The third kappa shape index (κ3) is 5.56. The van der Waals surface area contributed by atoms with Gasteiger partial charge in [0, 0.05) is 31.4 Å². The Hall–Kier alpha value is -3.37. The van der Waals surface area contributed by atoms with E-state index in [1.54, 1.807) is 6.07 Å². The Morgan fingerprint density at radius 1 is 1.19 bits per heavy atom. The van der Waals surface area contributed by atoms with Crippen molar-refractivity contribution in [1.82, 2.24) is 9.88 Å². The molecule has 0 spiro atoms. The van der Waals surface area contributed by atoms with E-state index in [2.05, 4.69) is 10.6 Å². The highest BCUT2D eigenvalue weighted by Crippen LogP contribution is 2.34. The van der Waals surface area contributed by atoms with Gasteiger partial charge in [0.1, 0.15) is 12.2 Å². The number of amides is 1. The van der Waals surface area contributed by atoms with Crippen LogP contribution in [0.5, 0.6) is 0 Å². The predicted molar refractivity (Wildman–Crippen MR) is 90.3 cm³/mol. The second kappa shape index (κ2) is 8.34. The van der Waals surface area contributed by atoms with Crippen molar-refractivity contribution in [3.8, 4) is 0 Å². The van der Waals surface area contributed by atoms with Crippen molar-refractivity contribution in [3.63, 3.8) is 0 Å². The molecule has 2 aromatic rings. The molecule has 0 saturated heterocycles. The minimum Gasteiger partial charge on any atom is -0.378 e.